The molecule has 0 aliphatic heterocycles. The zero-order valence-corrected chi connectivity index (χ0v) is 14.4. The van der Waals surface area contributed by atoms with Crippen molar-refractivity contribution in [1.29, 1.82) is 0 Å². The molecule has 0 spiro atoms. The summed E-state index contributed by atoms with van der Waals surface area (Å²) in [6.45, 7) is 0.160. The Kier molecular flexibility index (Phi) is 3.59. The van der Waals surface area contributed by atoms with E-state index in [1.165, 1.54) is 0 Å². The summed E-state index contributed by atoms with van der Waals surface area (Å²) >= 11 is 0. The number of esters is 1. The Labute approximate surface area is 150 Å². The fraction of sp³-hybridized carbons (Fsp3) is 0.286. The Morgan fingerprint density at radius 3 is 2.50 bits per heavy atom. The van der Waals surface area contributed by atoms with Crippen LogP contribution in [0.4, 0.5) is 0 Å². The summed E-state index contributed by atoms with van der Waals surface area (Å²) in [6, 6.07) is 15.8. The third-order valence-electron chi connectivity index (χ3n) is 5.15. The molecule has 5 heteroatoms. The van der Waals surface area contributed by atoms with Gasteiger partial charge in [0.1, 0.15) is 18.2 Å². The molecule has 5 nitrogen and oxygen atoms in total. The van der Waals surface area contributed by atoms with Crippen molar-refractivity contribution in [3.8, 4) is 0 Å². The molecule has 5 rings (SSSR count). The number of nitrogens with zero attached hydrogens (tertiary/aromatic N) is 3. The Bertz CT molecular complexity index is 1130. The number of carbonyl (C=O) groups is 1. The van der Waals surface area contributed by atoms with Crippen LogP contribution in [0.15, 0.2) is 48.5 Å². The van der Waals surface area contributed by atoms with E-state index in [2.05, 4.69) is 0 Å². The van der Waals surface area contributed by atoms with Crippen LogP contribution in [-0.2, 0) is 16.1 Å². The third kappa shape index (κ3) is 2.51. The molecule has 0 N–H and O–H groups in total. The van der Waals surface area contributed by atoms with Crippen LogP contribution in [0.5, 0.6) is 0 Å². The van der Waals surface area contributed by atoms with E-state index < -0.39 is 0 Å². The topological polar surface area (TPSA) is 57.0 Å². The SMILES string of the molecule is O=C(Cn1c2ccccc2c2nc3ccccc3nc21)OC1CCCC1. The van der Waals surface area contributed by atoms with E-state index in [0.717, 1.165) is 58.8 Å². The van der Waals surface area contributed by atoms with E-state index in [9.17, 15) is 4.79 Å². The van der Waals surface area contributed by atoms with Gasteiger partial charge >= 0.3 is 5.97 Å². The molecule has 26 heavy (non-hydrogen) atoms. The van der Waals surface area contributed by atoms with Crippen LogP contribution < -0.4 is 0 Å². The number of rotatable bonds is 3. The molecule has 1 saturated carbocycles. The van der Waals surface area contributed by atoms with Crippen molar-refractivity contribution < 1.29 is 9.53 Å². The maximum atomic E-state index is 12.5. The first-order valence-electron chi connectivity index (χ1n) is 9.13. The molecular formula is C21H19N3O2. The summed E-state index contributed by atoms with van der Waals surface area (Å²) in [6.07, 6.45) is 4.31. The summed E-state index contributed by atoms with van der Waals surface area (Å²) in [4.78, 5) is 22.1. The van der Waals surface area contributed by atoms with Gasteiger partial charge in [-0.05, 0) is 43.9 Å². The number of hydrogen-bond acceptors (Lipinski definition) is 4. The highest BCUT2D eigenvalue weighted by Gasteiger charge is 2.21. The predicted molar refractivity (Wildman–Crippen MR) is 101 cm³/mol. The lowest BCUT2D eigenvalue weighted by atomic mass is 10.2. The van der Waals surface area contributed by atoms with E-state index in [1.807, 2.05) is 53.1 Å². The Morgan fingerprint density at radius 2 is 1.69 bits per heavy atom. The lowest BCUT2D eigenvalue weighted by Gasteiger charge is -2.12. The van der Waals surface area contributed by atoms with Crippen molar-refractivity contribution in [2.24, 2.45) is 0 Å². The number of ether oxygens (including phenoxy) is 1. The maximum absolute atomic E-state index is 12.5. The van der Waals surface area contributed by atoms with Gasteiger partial charge in [-0.1, -0.05) is 30.3 Å². The van der Waals surface area contributed by atoms with Gasteiger partial charge in [0.05, 0.1) is 16.6 Å². The second kappa shape index (κ2) is 6.09. The minimum atomic E-state index is -0.200. The second-order valence-electron chi connectivity index (χ2n) is 6.88. The zero-order chi connectivity index (χ0) is 17.5. The molecule has 0 radical (unpaired) electrons. The maximum Gasteiger partial charge on any atom is 0.326 e. The molecule has 2 aromatic heterocycles. The molecule has 4 aromatic rings. The van der Waals surface area contributed by atoms with Gasteiger partial charge in [-0.3, -0.25) is 4.79 Å². The van der Waals surface area contributed by atoms with Crippen LogP contribution in [0, 0.1) is 0 Å². The highest BCUT2D eigenvalue weighted by atomic mass is 16.5. The molecule has 2 heterocycles. The first-order valence-corrected chi connectivity index (χ1v) is 9.13. The van der Waals surface area contributed by atoms with Gasteiger partial charge < -0.3 is 9.30 Å². The fourth-order valence-corrected chi connectivity index (χ4v) is 3.90. The minimum Gasteiger partial charge on any atom is -0.461 e. The highest BCUT2D eigenvalue weighted by molar-refractivity contribution is 6.06. The smallest absolute Gasteiger partial charge is 0.326 e. The highest BCUT2D eigenvalue weighted by Crippen LogP contribution is 2.28. The van der Waals surface area contributed by atoms with Crippen LogP contribution in [0.3, 0.4) is 0 Å². The Balaban J connectivity index is 1.64. The monoisotopic (exact) mass is 345 g/mol. The van der Waals surface area contributed by atoms with Crippen molar-refractivity contribution >= 4 is 39.1 Å². The molecule has 0 atom stereocenters. The van der Waals surface area contributed by atoms with Gasteiger partial charge in [-0.2, -0.15) is 0 Å². The predicted octanol–water partition coefficient (Wildman–Crippen LogP) is 4.22. The van der Waals surface area contributed by atoms with E-state index in [4.69, 9.17) is 14.7 Å². The molecule has 0 unspecified atom stereocenters. The van der Waals surface area contributed by atoms with Crippen molar-refractivity contribution in [3.63, 3.8) is 0 Å². The quantitative estimate of drug-likeness (QED) is 0.522. The molecule has 130 valence electrons. The van der Waals surface area contributed by atoms with Gasteiger partial charge in [0.25, 0.3) is 0 Å². The summed E-state index contributed by atoms with van der Waals surface area (Å²) in [5, 5.41) is 1.01. The van der Waals surface area contributed by atoms with Gasteiger partial charge in [0.2, 0.25) is 0 Å². The lowest BCUT2D eigenvalue weighted by Crippen LogP contribution is -2.19. The van der Waals surface area contributed by atoms with Crippen LogP contribution in [0.1, 0.15) is 25.7 Å². The third-order valence-corrected chi connectivity index (χ3v) is 5.15. The van der Waals surface area contributed by atoms with Crippen LogP contribution >= 0.6 is 0 Å². The van der Waals surface area contributed by atoms with Gasteiger partial charge in [0.15, 0.2) is 5.65 Å². The molecule has 1 aliphatic carbocycles. The van der Waals surface area contributed by atoms with Crippen LogP contribution in [0.2, 0.25) is 0 Å². The summed E-state index contributed by atoms with van der Waals surface area (Å²) < 4.78 is 7.59. The molecule has 0 bridgehead atoms. The largest absolute Gasteiger partial charge is 0.461 e. The van der Waals surface area contributed by atoms with Gasteiger partial charge in [0, 0.05) is 5.39 Å². The zero-order valence-electron chi connectivity index (χ0n) is 14.4. The number of para-hydroxylation sites is 3. The Morgan fingerprint density at radius 1 is 1.00 bits per heavy atom. The number of fused-ring (bicyclic) bond motifs is 4. The molecule has 2 aromatic carbocycles. The van der Waals surface area contributed by atoms with Crippen molar-refractivity contribution in [3.05, 3.63) is 48.5 Å². The average molecular weight is 345 g/mol. The second-order valence-corrected chi connectivity index (χ2v) is 6.88. The van der Waals surface area contributed by atoms with Gasteiger partial charge in [-0.25, -0.2) is 9.97 Å². The Hall–Kier alpha value is -2.95. The summed E-state index contributed by atoms with van der Waals surface area (Å²) in [5.74, 6) is -0.200. The van der Waals surface area contributed by atoms with E-state index in [1.54, 1.807) is 0 Å². The van der Waals surface area contributed by atoms with Crippen molar-refractivity contribution in [2.75, 3.05) is 0 Å². The summed E-state index contributed by atoms with van der Waals surface area (Å²) in [5.41, 5.74) is 4.20. The number of carbonyl (C=O) groups excluding carboxylic acids is 1. The average Bonchev–Trinajstić information content (AvgIpc) is 3.27. The van der Waals surface area contributed by atoms with E-state index >= 15 is 0 Å². The first-order chi connectivity index (χ1) is 12.8. The normalized spacial score (nSPS) is 15.2. The van der Waals surface area contributed by atoms with Crippen LogP contribution in [0.25, 0.3) is 33.1 Å². The summed E-state index contributed by atoms with van der Waals surface area (Å²) in [7, 11) is 0. The molecule has 1 fully saturated rings. The van der Waals surface area contributed by atoms with Gasteiger partial charge in [-0.15, -0.1) is 0 Å². The lowest BCUT2D eigenvalue weighted by molar-refractivity contribution is -0.149. The molecule has 0 saturated heterocycles. The first kappa shape index (κ1) is 15.3. The standard InChI is InChI=1S/C21H19N3O2/c25-19(26-14-7-1-2-8-14)13-24-18-12-6-3-9-15(18)20-21(24)23-17-11-5-4-10-16(17)22-20/h3-6,9-12,14H,1-2,7-8,13H2. The van der Waals surface area contributed by atoms with Crippen LogP contribution in [-0.4, -0.2) is 26.6 Å². The number of hydrogen-bond donors (Lipinski definition) is 0. The van der Waals surface area contributed by atoms with Crippen molar-refractivity contribution in [1.82, 2.24) is 14.5 Å². The fourth-order valence-electron chi connectivity index (χ4n) is 3.90. The molecular weight excluding hydrogens is 326 g/mol. The van der Waals surface area contributed by atoms with Crippen molar-refractivity contribution in [2.45, 2.75) is 38.3 Å². The van der Waals surface area contributed by atoms with E-state index in [-0.39, 0.29) is 18.6 Å². The number of benzene rings is 2. The number of aromatic nitrogens is 3. The molecule has 1 aliphatic rings. The van der Waals surface area contributed by atoms with E-state index in [0.29, 0.717) is 0 Å². The minimum absolute atomic E-state index is 0.0718. The molecule has 0 amide bonds.